The first-order valence-electron chi connectivity index (χ1n) is 7.37. The summed E-state index contributed by atoms with van der Waals surface area (Å²) < 4.78 is 1.67. The fraction of sp³-hybridized carbons (Fsp3) is 0.533. The van der Waals surface area contributed by atoms with E-state index in [9.17, 15) is 4.79 Å². The fourth-order valence-electron chi connectivity index (χ4n) is 2.84. The maximum absolute atomic E-state index is 11.9. The molecule has 0 radical (unpaired) electrons. The average Bonchev–Trinajstić information content (AvgIpc) is 2.88. The van der Waals surface area contributed by atoms with E-state index in [1.807, 2.05) is 13.8 Å². The van der Waals surface area contributed by atoms with Crippen molar-refractivity contribution < 1.29 is 0 Å². The summed E-state index contributed by atoms with van der Waals surface area (Å²) in [4.78, 5) is 16.4. The van der Waals surface area contributed by atoms with Gasteiger partial charge in [0.2, 0.25) is 0 Å². The van der Waals surface area contributed by atoms with E-state index in [2.05, 4.69) is 20.8 Å². The highest BCUT2D eigenvalue weighted by atomic mass is 32.1. The number of hydrogen-bond donors (Lipinski definition) is 1. The van der Waals surface area contributed by atoms with Crippen molar-refractivity contribution in [1.29, 1.82) is 0 Å². The van der Waals surface area contributed by atoms with E-state index >= 15 is 0 Å². The van der Waals surface area contributed by atoms with Crippen LogP contribution in [0.3, 0.4) is 0 Å². The van der Waals surface area contributed by atoms with Gasteiger partial charge in [-0.2, -0.15) is 5.10 Å². The minimum absolute atomic E-state index is 0.00700. The summed E-state index contributed by atoms with van der Waals surface area (Å²) >= 11 is 1.65. The molecule has 1 aliphatic rings. The lowest BCUT2D eigenvalue weighted by atomic mass is 9.91. The van der Waals surface area contributed by atoms with Crippen molar-refractivity contribution in [2.75, 3.05) is 5.32 Å². The Bertz CT molecular complexity index is 670. The van der Waals surface area contributed by atoms with Gasteiger partial charge in [0, 0.05) is 17.5 Å². The highest BCUT2D eigenvalue weighted by Crippen LogP contribution is 2.29. The van der Waals surface area contributed by atoms with Crippen LogP contribution >= 0.6 is 11.3 Å². The van der Waals surface area contributed by atoms with Crippen LogP contribution in [0.25, 0.3) is 0 Å². The SMILES string of the molecule is Cc1csc(NC2CCC(n3nc(C)ccc3=O)CC2)n1. The third-order valence-corrected chi connectivity index (χ3v) is 4.84. The van der Waals surface area contributed by atoms with Crippen molar-refractivity contribution in [3.8, 4) is 0 Å². The molecule has 0 spiro atoms. The zero-order chi connectivity index (χ0) is 14.8. The minimum Gasteiger partial charge on any atom is -0.359 e. The molecule has 2 aromatic rings. The molecule has 1 saturated carbocycles. The Balaban J connectivity index is 1.62. The van der Waals surface area contributed by atoms with Crippen LogP contribution < -0.4 is 10.9 Å². The van der Waals surface area contributed by atoms with E-state index in [-0.39, 0.29) is 11.6 Å². The van der Waals surface area contributed by atoms with Crippen LogP contribution in [0.4, 0.5) is 5.13 Å². The molecule has 6 heteroatoms. The van der Waals surface area contributed by atoms with E-state index < -0.39 is 0 Å². The summed E-state index contributed by atoms with van der Waals surface area (Å²) in [5.74, 6) is 0. The van der Waals surface area contributed by atoms with Gasteiger partial charge < -0.3 is 5.32 Å². The molecule has 2 heterocycles. The predicted molar refractivity (Wildman–Crippen MR) is 85.0 cm³/mol. The number of nitrogens with zero attached hydrogens (tertiary/aromatic N) is 3. The first-order valence-corrected chi connectivity index (χ1v) is 8.25. The van der Waals surface area contributed by atoms with Gasteiger partial charge in [0.1, 0.15) is 0 Å². The summed E-state index contributed by atoms with van der Waals surface area (Å²) in [5, 5.41) is 10.9. The summed E-state index contributed by atoms with van der Waals surface area (Å²) in [7, 11) is 0. The van der Waals surface area contributed by atoms with Crippen molar-refractivity contribution in [1.82, 2.24) is 14.8 Å². The fourth-order valence-corrected chi connectivity index (χ4v) is 3.61. The zero-order valence-corrected chi connectivity index (χ0v) is 13.2. The van der Waals surface area contributed by atoms with Gasteiger partial charge in [0.15, 0.2) is 5.13 Å². The molecule has 5 nitrogen and oxygen atoms in total. The topological polar surface area (TPSA) is 59.8 Å². The predicted octanol–water partition coefficient (Wildman–Crippen LogP) is 2.91. The molecule has 3 rings (SSSR count). The minimum atomic E-state index is 0.00700. The third-order valence-electron chi connectivity index (χ3n) is 3.95. The number of aromatic nitrogens is 3. The van der Waals surface area contributed by atoms with Gasteiger partial charge in [-0.25, -0.2) is 9.67 Å². The standard InChI is InChI=1S/C15H20N4OS/c1-10-3-8-14(20)19(18-10)13-6-4-12(5-7-13)17-15-16-11(2)9-21-15/h3,8-9,12-13H,4-7H2,1-2H3,(H,16,17). The van der Waals surface area contributed by atoms with Crippen LogP contribution in [0, 0.1) is 13.8 Å². The Morgan fingerprint density at radius 3 is 2.62 bits per heavy atom. The lowest BCUT2D eigenvalue weighted by molar-refractivity contribution is 0.302. The molecule has 0 saturated heterocycles. The van der Waals surface area contributed by atoms with E-state index in [1.54, 1.807) is 28.2 Å². The summed E-state index contributed by atoms with van der Waals surface area (Å²) in [5.41, 5.74) is 1.97. The van der Waals surface area contributed by atoms with Gasteiger partial charge in [-0.3, -0.25) is 4.79 Å². The van der Waals surface area contributed by atoms with Gasteiger partial charge in [-0.05, 0) is 45.6 Å². The second kappa shape index (κ2) is 5.97. The van der Waals surface area contributed by atoms with Crippen molar-refractivity contribution in [2.45, 2.75) is 51.6 Å². The van der Waals surface area contributed by atoms with E-state index in [4.69, 9.17) is 0 Å². The Morgan fingerprint density at radius 2 is 1.95 bits per heavy atom. The van der Waals surface area contributed by atoms with Crippen LogP contribution in [-0.4, -0.2) is 20.8 Å². The molecule has 0 atom stereocenters. The molecule has 0 unspecified atom stereocenters. The van der Waals surface area contributed by atoms with Gasteiger partial charge >= 0.3 is 0 Å². The molecule has 1 N–H and O–H groups in total. The van der Waals surface area contributed by atoms with Crippen molar-refractivity contribution in [3.05, 3.63) is 39.3 Å². The van der Waals surface area contributed by atoms with Crippen LogP contribution in [-0.2, 0) is 0 Å². The number of aryl methyl sites for hydroxylation is 2. The number of anilines is 1. The summed E-state index contributed by atoms with van der Waals surface area (Å²) in [6.07, 6.45) is 4.06. The molecule has 0 aliphatic heterocycles. The van der Waals surface area contributed by atoms with Crippen LogP contribution in [0.15, 0.2) is 22.3 Å². The smallest absolute Gasteiger partial charge is 0.267 e. The summed E-state index contributed by atoms with van der Waals surface area (Å²) in [6.45, 7) is 3.93. The first kappa shape index (κ1) is 14.3. The molecule has 21 heavy (non-hydrogen) atoms. The monoisotopic (exact) mass is 304 g/mol. The molecular weight excluding hydrogens is 284 g/mol. The Kier molecular flexibility index (Phi) is 4.05. The molecule has 112 valence electrons. The van der Waals surface area contributed by atoms with Crippen molar-refractivity contribution in [2.24, 2.45) is 0 Å². The lowest BCUT2D eigenvalue weighted by Crippen LogP contribution is -2.33. The van der Waals surface area contributed by atoms with Crippen LogP contribution in [0.2, 0.25) is 0 Å². The van der Waals surface area contributed by atoms with Gasteiger partial charge in [-0.15, -0.1) is 11.3 Å². The van der Waals surface area contributed by atoms with Crippen molar-refractivity contribution in [3.63, 3.8) is 0 Å². The Labute approximate surface area is 128 Å². The Morgan fingerprint density at radius 1 is 1.19 bits per heavy atom. The lowest BCUT2D eigenvalue weighted by Gasteiger charge is -2.29. The highest BCUT2D eigenvalue weighted by molar-refractivity contribution is 7.13. The second-order valence-corrected chi connectivity index (χ2v) is 6.56. The largest absolute Gasteiger partial charge is 0.359 e. The average molecular weight is 304 g/mol. The highest BCUT2D eigenvalue weighted by Gasteiger charge is 2.24. The second-order valence-electron chi connectivity index (χ2n) is 5.70. The van der Waals surface area contributed by atoms with Gasteiger partial charge in [-0.1, -0.05) is 0 Å². The van der Waals surface area contributed by atoms with E-state index in [1.165, 1.54) is 0 Å². The van der Waals surface area contributed by atoms with Crippen LogP contribution in [0.1, 0.15) is 43.1 Å². The molecule has 2 aromatic heterocycles. The molecule has 0 bridgehead atoms. The van der Waals surface area contributed by atoms with Crippen molar-refractivity contribution >= 4 is 16.5 Å². The number of rotatable bonds is 3. The van der Waals surface area contributed by atoms with E-state index in [0.717, 1.165) is 42.2 Å². The maximum Gasteiger partial charge on any atom is 0.267 e. The number of thiazole rings is 1. The van der Waals surface area contributed by atoms with E-state index in [0.29, 0.717) is 6.04 Å². The number of nitrogens with one attached hydrogen (secondary N) is 1. The number of hydrogen-bond acceptors (Lipinski definition) is 5. The first-order chi connectivity index (χ1) is 10.1. The molecule has 0 amide bonds. The molecule has 1 aliphatic carbocycles. The zero-order valence-electron chi connectivity index (χ0n) is 12.4. The molecule has 1 fully saturated rings. The molecular formula is C15H20N4OS. The third kappa shape index (κ3) is 3.32. The van der Waals surface area contributed by atoms with Gasteiger partial charge in [0.05, 0.1) is 17.4 Å². The maximum atomic E-state index is 11.9. The summed E-state index contributed by atoms with van der Waals surface area (Å²) in [6, 6.07) is 4.07. The quantitative estimate of drug-likeness (QED) is 0.947. The van der Waals surface area contributed by atoms with Gasteiger partial charge in [0.25, 0.3) is 5.56 Å². The molecule has 0 aromatic carbocycles. The Hall–Kier alpha value is -1.69. The van der Waals surface area contributed by atoms with Crippen LogP contribution in [0.5, 0.6) is 0 Å². The normalized spacial score (nSPS) is 22.2.